The molecule has 0 radical (unpaired) electrons. The van der Waals surface area contributed by atoms with Crippen molar-refractivity contribution in [3.05, 3.63) is 30.3 Å². The van der Waals surface area contributed by atoms with E-state index >= 15 is 0 Å². The van der Waals surface area contributed by atoms with Crippen LogP contribution in [0.3, 0.4) is 0 Å². The van der Waals surface area contributed by atoms with Crippen LogP contribution in [-0.2, 0) is 0 Å². The van der Waals surface area contributed by atoms with E-state index in [1.807, 2.05) is 0 Å². The first kappa shape index (κ1) is 12.3. The fourth-order valence-corrected chi connectivity index (χ4v) is 4.17. The lowest BCUT2D eigenvalue weighted by atomic mass is 9.97. The van der Waals surface area contributed by atoms with E-state index in [1.165, 1.54) is 57.3 Å². The van der Waals surface area contributed by atoms with Gasteiger partial charge in [-0.15, -0.1) is 0 Å². The summed E-state index contributed by atoms with van der Waals surface area (Å²) in [6, 6.07) is 10.9. The minimum Gasteiger partial charge on any atom is -0.277 e. The third-order valence-corrected chi connectivity index (χ3v) is 5.11. The average molecular weight is 270 g/mol. The SMILES string of the molecule is c1ccc(N2N=N[C@@H]3CCC[C@]32N2CCCCC2)cc1. The number of likely N-dealkylation sites (tertiary alicyclic amines) is 1. The molecular weight excluding hydrogens is 248 g/mol. The molecule has 1 aromatic carbocycles. The Labute approximate surface area is 120 Å². The molecule has 2 aliphatic heterocycles. The van der Waals surface area contributed by atoms with E-state index < -0.39 is 0 Å². The molecule has 4 nitrogen and oxygen atoms in total. The Morgan fingerprint density at radius 3 is 2.60 bits per heavy atom. The van der Waals surface area contributed by atoms with Gasteiger partial charge in [0, 0.05) is 13.1 Å². The van der Waals surface area contributed by atoms with Crippen molar-refractivity contribution in [2.45, 2.75) is 50.2 Å². The highest BCUT2D eigenvalue weighted by Crippen LogP contribution is 2.47. The van der Waals surface area contributed by atoms with Crippen LogP contribution in [0, 0.1) is 0 Å². The molecule has 1 saturated heterocycles. The van der Waals surface area contributed by atoms with Gasteiger partial charge in [0.05, 0.1) is 5.69 Å². The zero-order chi connectivity index (χ0) is 13.4. The second-order valence-corrected chi connectivity index (χ2v) is 6.19. The predicted octanol–water partition coefficient (Wildman–Crippen LogP) is 3.61. The van der Waals surface area contributed by atoms with E-state index in [2.05, 4.69) is 50.6 Å². The molecule has 1 aromatic rings. The maximum atomic E-state index is 4.61. The van der Waals surface area contributed by atoms with Crippen LogP contribution in [0.5, 0.6) is 0 Å². The van der Waals surface area contributed by atoms with Gasteiger partial charge in [-0.2, -0.15) is 5.11 Å². The molecule has 1 saturated carbocycles. The molecule has 0 N–H and O–H groups in total. The quantitative estimate of drug-likeness (QED) is 0.822. The number of hydrogen-bond acceptors (Lipinski definition) is 4. The van der Waals surface area contributed by atoms with E-state index in [-0.39, 0.29) is 5.66 Å². The first-order chi connectivity index (χ1) is 9.91. The summed E-state index contributed by atoms with van der Waals surface area (Å²) >= 11 is 0. The van der Waals surface area contributed by atoms with Crippen LogP contribution in [0.4, 0.5) is 5.69 Å². The second kappa shape index (κ2) is 4.85. The van der Waals surface area contributed by atoms with Crippen molar-refractivity contribution in [2.24, 2.45) is 10.3 Å². The maximum Gasteiger partial charge on any atom is 0.141 e. The van der Waals surface area contributed by atoms with Crippen LogP contribution in [0.2, 0.25) is 0 Å². The number of para-hydroxylation sites is 1. The van der Waals surface area contributed by atoms with Crippen molar-refractivity contribution in [1.82, 2.24) is 4.90 Å². The Kier molecular flexibility index (Phi) is 2.99. The first-order valence-corrected chi connectivity index (χ1v) is 7.92. The summed E-state index contributed by atoms with van der Waals surface area (Å²) < 4.78 is 0. The van der Waals surface area contributed by atoms with E-state index in [0.717, 1.165) is 0 Å². The van der Waals surface area contributed by atoms with Gasteiger partial charge in [-0.25, -0.2) is 5.01 Å². The van der Waals surface area contributed by atoms with Crippen LogP contribution in [0.25, 0.3) is 0 Å². The van der Waals surface area contributed by atoms with Crippen molar-refractivity contribution >= 4 is 5.69 Å². The van der Waals surface area contributed by atoms with Crippen molar-refractivity contribution in [2.75, 3.05) is 18.1 Å². The topological polar surface area (TPSA) is 31.2 Å². The van der Waals surface area contributed by atoms with E-state index in [1.54, 1.807) is 0 Å². The Morgan fingerprint density at radius 2 is 1.80 bits per heavy atom. The van der Waals surface area contributed by atoms with Gasteiger partial charge in [0.25, 0.3) is 0 Å². The summed E-state index contributed by atoms with van der Waals surface area (Å²) in [6.45, 7) is 2.40. The summed E-state index contributed by atoms with van der Waals surface area (Å²) in [4.78, 5) is 2.67. The zero-order valence-electron chi connectivity index (χ0n) is 11.9. The number of piperidine rings is 1. The molecule has 4 rings (SSSR count). The van der Waals surface area contributed by atoms with Crippen molar-refractivity contribution in [1.29, 1.82) is 0 Å². The van der Waals surface area contributed by atoms with E-state index in [0.29, 0.717) is 6.04 Å². The number of hydrogen-bond donors (Lipinski definition) is 0. The standard InChI is InChI=1S/C16H22N4/c1-3-8-14(9-4-1)20-16(19-12-5-2-6-13-19)11-7-10-15(16)17-18-20/h1,3-4,8-9,15H,2,5-7,10-13H2/t15-,16-/m1/s1. The summed E-state index contributed by atoms with van der Waals surface area (Å²) in [5.74, 6) is 0. The van der Waals surface area contributed by atoms with Gasteiger partial charge in [0.1, 0.15) is 11.7 Å². The molecule has 2 heterocycles. The first-order valence-electron chi connectivity index (χ1n) is 7.92. The van der Waals surface area contributed by atoms with Gasteiger partial charge in [-0.1, -0.05) is 29.8 Å². The summed E-state index contributed by atoms with van der Waals surface area (Å²) in [5, 5.41) is 11.4. The van der Waals surface area contributed by atoms with Gasteiger partial charge < -0.3 is 0 Å². The number of fused-ring (bicyclic) bond motifs is 1. The molecule has 20 heavy (non-hydrogen) atoms. The molecule has 3 aliphatic rings. The Morgan fingerprint density at radius 1 is 1.00 bits per heavy atom. The minimum absolute atomic E-state index is 0.0295. The summed E-state index contributed by atoms with van der Waals surface area (Å²) in [5.41, 5.74) is 1.22. The normalized spacial score (nSPS) is 33.6. The van der Waals surface area contributed by atoms with Crippen LogP contribution < -0.4 is 5.01 Å². The third-order valence-electron chi connectivity index (χ3n) is 5.11. The largest absolute Gasteiger partial charge is 0.277 e. The summed E-state index contributed by atoms with van der Waals surface area (Å²) in [6.07, 6.45) is 7.65. The molecular formula is C16H22N4. The Balaban J connectivity index is 1.72. The van der Waals surface area contributed by atoms with Gasteiger partial charge in [-0.05, 0) is 44.2 Å². The highest BCUT2D eigenvalue weighted by Gasteiger charge is 2.56. The molecule has 0 spiro atoms. The molecule has 2 atom stereocenters. The molecule has 0 amide bonds. The zero-order valence-corrected chi connectivity index (χ0v) is 11.9. The number of benzene rings is 1. The monoisotopic (exact) mass is 270 g/mol. The Hall–Kier alpha value is -1.42. The highest BCUT2D eigenvalue weighted by molar-refractivity contribution is 5.49. The predicted molar refractivity (Wildman–Crippen MR) is 79.6 cm³/mol. The third kappa shape index (κ3) is 1.71. The lowest BCUT2D eigenvalue weighted by Gasteiger charge is -2.46. The molecule has 4 heteroatoms. The fraction of sp³-hybridized carbons (Fsp3) is 0.625. The highest BCUT2D eigenvalue weighted by atomic mass is 15.7. The van der Waals surface area contributed by atoms with Gasteiger partial charge in [0.15, 0.2) is 0 Å². The van der Waals surface area contributed by atoms with Crippen LogP contribution >= 0.6 is 0 Å². The lowest BCUT2D eigenvalue weighted by molar-refractivity contribution is 0.0683. The fourth-order valence-electron chi connectivity index (χ4n) is 4.17. The molecule has 1 aliphatic carbocycles. The van der Waals surface area contributed by atoms with Crippen LogP contribution in [0.1, 0.15) is 38.5 Å². The smallest absolute Gasteiger partial charge is 0.141 e. The lowest BCUT2D eigenvalue weighted by Crippen LogP contribution is -2.61. The van der Waals surface area contributed by atoms with Gasteiger partial charge in [0.2, 0.25) is 0 Å². The van der Waals surface area contributed by atoms with E-state index in [4.69, 9.17) is 0 Å². The van der Waals surface area contributed by atoms with Crippen molar-refractivity contribution < 1.29 is 0 Å². The summed E-state index contributed by atoms with van der Waals surface area (Å²) in [7, 11) is 0. The van der Waals surface area contributed by atoms with Gasteiger partial charge in [-0.3, -0.25) is 4.90 Å². The average Bonchev–Trinajstić information content (AvgIpc) is 3.08. The molecule has 2 fully saturated rings. The molecule has 0 aromatic heterocycles. The maximum absolute atomic E-state index is 4.61. The number of anilines is 1. The van der Waals surface area contributed by atoms with Crippen LogP contribution in [-0.4, -0.2) is 29.7 Å². The Bertz CT molecular complexity index is 494. The second-order valence-electron chi connectivity index (χ2n) is 6.19. The van der Waals surface area contributed by atoms with Crippen molar-refractivity contribution in [3.63, 3.8) is 0 Å². The molecule has 0 unspecified atom stereocenters. The molecule has 106 valence electrons. The van der Waals surface area contributed by atoms with E-state index in [9.17, 15) is 0 Å². The van der Waals surface area contributed by atoms with Gasteiger partial charge >= 0.3 is 0 Å². The van der Waals surface area contributed by atoms with Crippen LogP contribution in [0.15, 0.2) is 40.7 Å². The number of rotatable bonds is 2. The number of nitrogens with zero attached hydrogens (tertiary/aromatic N) is 4. The van der Waals surface area contributed by atoms with Crippen molar-refractivity contribution in [3.8, 4) is 0 Å². The molecule has 0 bridgehead atoms. The minimum atomic E-state index is 0.0295.